The first-order valence-electron chi connectivity index (χ1n) is 14.5. The summed E-state index contributed by atoms with van der Waals surface area (Å²) in [7, 11) is 0. The Morgan fingerprint density at radius 2 is 1.88 bits per heavy atom. The molecular weight excluding hydrogens is 590 g/mol. The maximum absolute atomic E-state index is 14.9. The van der Waals surface area contributed by atoms with E-state index in [2.05, 4.69) is 25.1 Å². The van der Waals surface area contributed by atoms with Crippen molar-refractivity contribution in [2.45, 2.75) is 57.8 Å². The molecule has 230 valence electrons. The highest BCUT2D eigenvalue weighted by Gasteiger charge is 2.44. The van der Waals surface area contributed by atoms with Gasteiger partial charge in [0.25, 0.3) is 0 Å². The molecule has 0 radical (unpaired) electrons. The Morgan fingerprint density at radius 1 is 1.14 bits per heavy atom. The number of aromatic nitrogens is 5. The molecule has 0 N–H and O–H groups in total. The predicted molar refractivity (Wildman–Crippen MR) is 149 cm³/mol. The zero-order valence-corrected chi connectivity index (χ0v) is 24.4. The number of rotatable bonds is 8. The smallest absolute Gasteiger partial charge is 0.451 e. The molecule has 3 aromatic rings. The molecule has 9 nitrogen and oxygen atoms in total. The number of nitrogens with zero attached hydrogens (tertiary/aromatic N) is 7. The SMILES string of the molecule is CC1CN(C(=O)Cc2ccc(OCC[C@@H]3CC3C3CCN(c4ncc(Cl)cn4)CC3)cc2F)Cc2nnc(C(F)(F)F)n21. The van der Waals surface area contributed by atoms with Crippen LogP contribution in [0.1, 0.15) is 55.9 Å². The van der Waals surface area contributed by atoms with Gasteiger partial charge < -0.3 is 19.1 Å². The average Bonchev–Trinajstić information content (AvgIpc) is 3.60. The fourth-order valence-corrected chi connectivity index (χ4v) is 6.55. The Labute approximate surface area is 251 Å². The molecule has 2 aliphatic heterocycles. The van der Waals surface area contributed by atoms with Gasteiger partial charge >= 0.3 is 6.18 Å². The van der Waals surface area contributed by atoms with Gasteiger partial charge in [0.2, 0.25) is 17.7 Å². The Kier molecular flexibility index (Phi) is 8.18. The molecule has 0 bridgehead atoms. The van der Waals surface area contributed by atoms with Gasteiger partial charge in [-0.2, -0.15) is 13.2 Å². The topological polar surface area (TPSA) is 89.3 Å². The minimum atomic E-state index is -4.63. The van der Waals surface area contributed by atoms with Crippen molar-refractivity contribution in [3.8, 4) is 5.75 Å². The van der Waals surface area contributed by atoms with Crippen molar-refractivity contribution in [3.05, 3.63) is 58.6 Å². The summed E-state index contributed by atoms with van der Waals surface area (Å²) in [6.07, 6.45) is 2.69. The fraction of sp³-hybridized carbons (Fsp3) is 0.552. The molecule has 3 aliphatic rings. The van der Waals surface area contributed by atoms with Crippen LogP contribution in [0.3, 0.4) is 0 Å². The van der Waals surface area contributed by atoms with Gasteiger partial charge in [0, 0.05) is 25.7 Å². The third kappa shape index (κ3) is 6.56. The summed E-state index contributed by atoms with van der Waals surface area (Å²) >= 11 is 5.89. The van der Waals surface area contributed by atoms with E-state index in [0.717, 1.165) is 42.9 Å². The van der Waals surface area contributed by atoms with E-state index < -0.39 is 29.8 Å². The zero-order chi connectivity index (χ0) is 30.3. The number of carbonyl (C=O) groups excluding carboxylic acids is 1. The van der Waals surface area contributed by atoms with Crippen LogP contribution in [0.15, 0.2) is 30.6 Å². The second kappa shape index (κ2) is 11.9. The predicted octanol–water partition coefficient (Wildman–Crippen LogP) is 5.35. The summed E-state index contributed by atoms with van der Waals surface area (Å²) < 4.78 is 61.4. The summed E-state index contributed by atoms with van der Waals surface area (Å²) in [4.78, 5) is 25.1. The fourth-order valence-electron chi connectivity index (χ4n) is 6.45. The van der Waals surface area contributed by atoms with Crippen molar-refractivity contribution in [2.24, 2.45) is 17.8 Å². The number of anilines is 1. The van der Waals surface area contributed by atoms with Gasteiger partial charge in [0.05, 0.1) is 43.0 Å². The molecule has 4 heterocycles. The lowest BCUT2D eigenvalue weighted by Crippen LogP contribution is -2.42. The van der Waals surface area contributed by atoms with Crippen LogP contribution in [0.25, 0.3) is 0 Å². The van der Waals surface area contributed by atoms with E-state index in [0.29, 0.717) is 35.1 Å². The molecule has 2 unspecified atom stereocenters. The highest BCUT2D eigenvalue weighted by atomic mass is 35.5. The normalized spacial score (nSPS) is 22.4. The minimum Gasteiger partial charge on any atom is -0.493 e. The van der Waals surface area contributed by atoms with Crippen LogP contribution in [0.5, 0.6) is 5.75 Å². The monoisotopic (exact) mass is 621 g/mol. The quantitative estimate of drug-likeness (QED) is 0.314. The van der Waals surface area contributed by atoms with E-state index in [1.165, 1.54) is 23.5 Å². The highest BCUT2D eigenvalue weighted by Crippen LogP contribution is 2.50. The number of amides is 1. The van der Waals surface area contributed by atoms with Crippen LogP contribution in [0, 0.1) is 23.6 Å². The number of hydrogen-bond acceptors (Lipinski definition) is 7. The molecule has 2 aromatic heterocycles. The van der Waals surface area contributed by atoms with Gasteiger partial charge in [-0.25, -0.2) is 14.4 Å². The van der Waals surface area contributed by atoms with Crippen LogP contribution in [-0.2, 0) is 23.9 Å². The van der Waals surface area contributed by atoms with Crippen molar-refractivity contribution < 1.29 is 27.1 Å². The van der Waals surface area contributed by atoms with E-state index in [4.69, 9.17) is 16.3 Å². The zero-order valence-electron chi connectivity index (χ0n) is 23.6. The van der Waals surface area contributed by atoms with Gasteiger partial charge in [0.15, 0.2) is 5.82 Å². The number of benzene rings is 1. The van der Waals surface area contributed by atoms with E-state index in [9.17, 15) is 22.4 Å². The second-order valence-corrected chi connectivity index (χ2v) is 12.1. The largest absolute Gasteiger partial charge is 0.493 e. The number of fused-ring (bicyclic) bond motifs is 1. The molecule has 14 heteroatoms. The molecule has 43 heavy (non-hydrogen) atoms. The Bertz CT molecular complexity index is 1460. The Morgan fingerprint density at radius 3 is 2.58 bits per heavy atom. The average molecular weight is 622 g/mol. The number of halogens is 5. The number of alkyl halides is 3. The molecule has 3 atom stereocenters. The van der Waals surface area contributed by atoms with Gasteiger partial charge in [0.1, 0.15) is 11.6 Å². The van der Waals surface area contributed by atoms with E-state index in [1.54, 1.807) is 25.4 Å². The lowest BCUT2D eigenvalue weighted by Gasteiger charge is -2.32. The summed E-state index contributed by atoms with van der Waals surface area (Å²) in [5, 5.41) is 7.43. The molecule has 1 aliphatic carbocycles. The van der Waals surface area contributed by atoms with Gasteiger partial charge in [-0.1, -0.05) is 17.7 Å². The molecule has 6 rings (SSSR count). The summed E-state index contributed by atoms with van der Waals surface area (Å²) in [5.41, 5.74) is 0.200. The van der Waals surface area contributed by atoms with Crippen LogP contribution < -0.4 is 9.64 Å². The van der Waals surface area contributed by atoms with Crippen molar-refractivity contribution in [1.82, 2.24) is 29.6 Å². The number of hydrogen-bond donors (Lipinski definition) is 0. The highest BCUT2D eigenvalue weighted by molar-refractivity contribution is 6.30. The minimum absolute atomic E-state index is 0.0494. The van der Waals surface area contributed by atoms with Gasteiger partial charge in [-0.15, -0.1) is 10.2 Å². The third-order valence-electron chi connectivity index (χ3n) is 8.77. The number of carbonyl (C=O) groups is 1. The van der Waals surface area contributed by atoms with Crippen molar-refractivity contribution in [1.29, 1.82) is 0 Å². The maximum atomic E-state index is 14.9. The molecule has 2 fully saturated rings. The van der Waals surface area contributed by atoms with Crippen LogP contribution >= 0.6 is 11.6 Å². The van der Waals surface area contributed by atoms with Crippen LogP contribution in [0.2, 0.25) is 5.02 Å². The summed E-state index contributed by atoms with van der Waals surface area (Å²) in [5.74, 6) is 1.12. The third-order valence-corrected chi connectivity index (χ3v) is 8.96. The standard InChI is InChI=1S/C29H32ClF4N7O2/c1-17-15-40(16-25-37-38-27(41(17)25)29(32,33)34)26(42)11-20-2-3-22(12-24(20)31)43-9-6-19-10-23(19)18-4-7-39(8-5-18)28-35-13-21(30)14-36-28/h2-3,12-14,17-19,23H,4-11,15-16H2,1H3/t17?,19-,23?/m1/s1. The molecule has 1 aromatic carbocycles. The summed E-state index contributed by atoms with van der Waals surface area (Å²) in [6.45, 7) is 3.84. The lowest BCUT2D eigenvalue weighted by molar-refractivity contribution is -0.149. The summed E-state index contributed by atoms with van der Waals surface area (Å²) in [6, 6.07) is 3.79. The van der Waals surface area contributed by atoms with Crippen molar-refractivity contribution in [3.63, 3.8) is 0 Å². The van der Waals surface area contributed by atoms with Crippen LogP contribution in [-0.4, -0.2) is 61.8 Å². The van der Waals surface area contributed by atoms with Crippen molar-refractivity contribution >= 4 is 23.5 Å². The Balaban J connectivity index is 0.943. The molecular formula is C29H32ClF4N7O2. The molecule has 1 amide bonds. The van der Waals surface area contributed by atoms with E-state index in [1.807, 2.05) is 0 Å². The molecule has 1 saturated heterocycles. The van der Waals surface area contributed by atoms with Crippen LogP contribution in [0.4, 0.5) is 23.5 Å². The molecule has 1 saturated carbocycles. The Hall–Kier alpha value is -3.48. The van der Waals surface area contributed by atoms with Gasteiger partial charge in [-0.3, -0.25) is 4.79 Å². The lowest BCUT2D eigenvalue weighted by atomic mass is 9.90. The van der Waals surface area contributed by atoms with Crippen molar-refractivity contribution in [2.75, 3.05) is 31.1 Å². The first kappa shape index (κ1) is 29.6. The molecule has 0 spiro atoms. The van der Waals surface area contributed by atoms with E-state index in [-0.39, 0.29) is 30.9 Å². The first-order valence-corrected chi connectivity index (χ1v) is 14.9. The first-order chi connectivity index (χ1) is 20.6. The van der Waals surface area contributed by atoms with E-state index >= 15 is 0 Å². The second-order valence-electron chi connectivity index (χ2n) is 11.7. The maximum Gasteiger partial charge on any atom is 0.451 e. The number of piperidine rings is 1. The number of ether oxygens (including phenoxy) is 1. The van der Waals surface area contributed by atoms with Gasteiger partial charge in [-0.05, 0) is 62.0 Å².